The van der Waals surface area contributed by atoms with Crippen molar-refractivity contribution in [2.24, 2.45) is 0 Å². The van der Waals surface area contributed by atoms with E-state index in [4.69, 9.17) is 21.4 Å². The van der Waals surface area contributed by atoms with E-state index in [2.05, 4.69) is 20.8 Å². The quantitative estimate of drug-likeness (QED) is 0.327. The molecule has 13 heteroatoms. The maximum absolute atomic E-state index is 14.8. The van der Waals surface area contributed by atoms with Crippen molar-refractivity contribution in [2.45, 2.75) is 45.1 Å². The van der Waals surface area contributed by atoms with Crippen LogP contribution in [-0.2, 0) is 23.4 Å². The number of carbonyl (C=O) groups is 1. The number of thiocarbonyl (C=S) groups is 1. The lowest BCUT2D eigenvalue weighted by Crippen LogP contribution is -2.57. The van der Waals surface area contributed by atoms with Crippen LogP contribution < -0.4 is 10.7 Å². The maximum atomic E-state index is 14.8. The van der Waals surface area contributed by atoms with Crippen LogP contribution in [0.3, 0.4) is 0 Å². The summed E-state index contributed by atoms with van der Waals surface area (Å²) in [7, 11) is 0. The Balaban J connectivity index is 1.92. The Kier molecular flexibility index (Phi) is 8.02. The first-order valence-corrected chi connectivity index (χ1v) is 10.9. The second-order valence-electron chi connectivity index (χ2n) is 8.69. The normalized spacial score (nSPS) is 13.1. The molecule has 10 nitrogen and oxygen atoms in total. The van der Waals surface area contributed by atoms with Gasteiger partial charge in [0.1, 0.15) is 41.3 Å². The van der Waals surface area contributed by atoms with Gasteiger partial charge in [0.05, 0.1) is 25.9 Å². The Hall–Kier alpha value is -3.58. The van der Waals surface area contributed by atoms with Crippen LogP contribution in [0, 0.1) is 11.6 Å². The molecule has 0 unspecified atom stereocenters. The fourth-order valence-corrected chi connectivity index (χ4v) is 3.36. The lowest BCUT2D eigenvalue weighted by molar-refractivity contribution is -0.0200. The van der Waals surface area contributed by atoms with Crippen molar-refractivity contribution in [3.8, 4) is 0 Å². The number of hydrazine groups is 1. The highest BCUT2D eigenvalue weighted by Gasteiger charge is 2.37. The second kappa shape index (κ2) is 10.8. The zero-order chi connectivity index (χ0) is 25.6. The first kappa shape index (κ1) is 26.0. The fourth-order valence-electron chi connectivity index (χ4n) is 3.18. The molecule has 1 atom stereocenters. The summed E-state index contributed by atoms with van der Waals surface area (Å²) in [6.45, 7) is 4.46. The number of aromatic nitrogens is 3. The number of ether oxygens (including phenoxy) is 1. The smallest absolute Gasteiger partial charge is 0.426 e. The molecule has 3 rings (SSSR count). The van der Waals surface area contributed by atoms with Gasteiger partial charge in [-0.05, 0) is 51.2 Å². The van der Waals surface area contributed by atoms with Crippen molar-refractivity contribution >= 4 is 23.4 Å². The number of nitrogens with zero attached hydrogens (tertiary/aromatic N) is 4. The average Bonchev–Trinajstić information content (AvgIpc) is 3.44. The number of benzene rings is 1. The first-order chi connectivity index (χ1) is 16.4. The van der Waals surface area contributed by atoms with Crippen molar-refractivity contribution in [2.75, 3.05) is 6.54 Å². The lowest BCUT2D eigenvalue weighted by Gasteiger charge is -2.36. The monoisotopic (exact) mass is 508 g/mol. The van der Waals surface area contributed by atoms with Crippen LogP contribution in [0.1, 0.15) is 32.1 Å². The molecule has 0 aliphatic rings. The molecule has 0 saturated carbocycles. The van der Waals surface area contributed by atoms with E-state index in [-0.39, 0.29) is 23.8 Å². The van der Waals surface area contributed by atoms with E-state index in [1.807, 2.05) is 0 Å². The number of amides is 1. The molecule has 2 heterocycles. The number of hydrogen-bond acceptors (Lipinski definition) is 7. The minimum atomic E-state index is -2.04. The number of aliphatic hydroxyl groups is 1. The van der Waals surface area contributed by atoms with Gasteiger partial charge in [-0.3, -0.25) is 5.01 Å². The number of nitrogens with one attached hydrogen (secondary N) is 2. The molecule has 2 aromatic heterocycles. The predicted molar refractivity (Wildman–Crippen MR) is 124 cm³/mol. The van der Waals surface area contributed by atoms with Gasteiger partial charge in [-0.2, -0.15) is 5.10 Å². The van der Waals surface area contributed by atoms with Crippen molar-refractivity contribution in [1.29, 1.82) is 0 Å². The van der Waals surface area contributed by atoms with Crippen molar-refractivity contribution < 1.29 is 27.8 Å². The Labute approximate surface area is 205 Å². The Morgan fingerprint density at radius 2 is 2.09 bits per heavy atom. The molecule has 1 aromatic carbocycles. The molecular weight excluding hydrogens is 482 g/mol. The number of halogens is 2. The number of hydrogen-bond donors (Lipinski definition) is 3. The van der Waals surface area contributed by atoms with Crippen molar-refractivity contribution in [1.82, 2.24) is 30.5 Å². The Morgan fingerprint density at radius 1 is 1.31 bits per heavy atom. The molecule has 35 heavy (non-hydrogen) atoms. The van der Waals surface area contributed by atoms with Gasteiger partial charge in [-0.1, -0.05) is 6.07 Å². The summed E-state index contributed by atoms with van der Waals surface area (Å²) in [5.41, 5.74) is -0.627. The van der Waals surface area contributed by atoms with Crippen molar-refractivity contribution in [3.63, 3.8) is 0 Å². The van der Waals surface area contributed by atoms with Gasteiger partial charge in [-0.15, -0.1) is 0 Å². The Morgan fingerprint density at radius 3 is 2.69 bits per heavy atom. The minimum Gasteiger partial charge on any atom is -0.467 e. The minimum absolute atomic E-state index is 0.0215. The fraction of sp³-hybridized carbons (Fsp3) is 0.364. The van der Waals surface area contributed by atoms with Gasteiger partial charge in [-0.25, -0.2) is 28.7 Å². The molecule has 0 fully saturated rings. The van der Waals surface area contributed by atoms with E-state index >= 15 is 0 Å². The summed E-state index contributed by atoms with van der Waals surface area (Å²) < 4.78 is 40.3. The van der Waals surface area contributed by atoms with Crippen LogP contribution in [0.5, 0.6) is 0 Å². The highest BCUT2D eigenvalue weighted by molar-refractivity contribution is 7.80. The van der Waals surface area contributed by atoms with Gasteiger partial charge in [0.25, 0.3) is 0 Å². The van der Waals surface area contributed by atoms with Crippen molar-refractivity contribution in [3.05, 3.63) is 72.2 Å². The third-order valence-electron chi connectivity index (χ3n) is 4.61. The maximum Gasteiger partial charge on any atom is 0.426 e. The van der Waals surface area contributed by atoms with Crippen LogP contribution in [0.4, 0.5) is 13.6 Å². The molecular formula is C22H26F2N6O4S. The highest BCUT2D eigenvalue weighted by Crippen LogP contribution is 2.28. The third-order valence-corrected chi connectivity index (χ3v) is 4.97. The van der Waals surface area contributed by atoms with E-state index in [1.54, 1.807) is 32.9 Å². The molecule has 1 amide bonds. The molecule has 3 aromatic rings. The molecule has 0 saturated heterocycles. The molecule has 0 spiro atoms. The number of rotatable bonds is 7. The van der Waals surface area contributed by atoms with Crippen LogP contribution in [0.25, 0.3) is 0 Å². The predicted octanol–water partition coefficient (Wildman–Crippen LogP) is 2.85. The highest BCUT2D eigenvalue weighted by atomic mass is 32.1. The molecule has 188 valence electrons. The van der Waals surface area contributed by atoms with E-state index in [0.717, 1.165) is 17.1 Å². The second-order valence-corrected chi connectivity index (χ2v) is 9.07. The van der Waals surface area contributed by atoms with Crippen LogP contribution in [-0.4, -0.2) is 48.2 Å². The van der Waals surface area contributed by atoms with E-state index in [1.165, 1.54) is 23.6 Å². The van der Waals surface area contributed by atoms with Crippen LogP contribution >= 0.6 is 12.2 Å². The summed E-state index contributed by atoms with van der Waals surface area (Å²) in [6, 6.07) is 6.21. The van der Waals surface area contributed by atoms with E-state index < -0.39 is 35.5 Å². The molecule has 0 aliphatic heterocycles. The topological polar surface area (TPSA) is 118 Å². The molecule has 0 aliphatic carbocycles. The standard InChI is InChI=1S/C22H26F2N6O4S/c1-21(2,3)34-20(31)28-30(19(35)26-10-16-5-4-8-33-16)12-22(32,11-29-14-25-13-27-29)17-7-6-15(23)9-18(17)24/h4-9,13-14,32H,10-12H2,1-3H3,(H,26,35)(H,28,31)/t22-/m1/s1. The van der Waals surface area contributed by atoms with Crippen LogP contribution in [0.15, 0.2) is 53.7 Å². The average molecular weight is 509 g/mol. The van der Waals surface area contributed by atoms with Gasteiger partial charge in [0, 0.05) is 11.6 Å². The largest absolute Gasteiger partial charge is 0.467 e. The summed E-state index contributed by atoms with van der Waals surface area (Å²) in [5.74, 6) is -1.24. The summed E-state index contributed by atoms with van der Waals surface area (Å²) in [5, 5.41) is 19.6. The zero-order valence-corrected chi connectivity index (χ0v) is 20.2. The summed E-state index contributed by atoms with van der Waals surface area (Å²) >= 11 is 5.43. The van der Waals surface area contributed by atoms with E-state index in [0.29, 0.717) is 11.8 Å². The molecule has 0 bridgehead atoms. The van der Waals surface area contributed by atoms with Crippen LogP contribution in [0.2, 0.25) is 0 Å². The zero-order valence-electron chi connectivity index (χ0n) is 19.4. The summed E-state index contributed by atoms with van der Waals surface area (Å²) in [6.07, 6.45) is 3.20. The molecule has 0 radical (unpaired) electrons. The number of carbonyl (C=O) groups excluding carboxylic acids is 1. The number of furan rings is 1. The lowest BCUT2D eigenvalue weighted by atomic mass is 9.92. The SMILES string of the molecule is CC(C)(C)OC(=O)NN(C[C@](O)(Cn1cncn1)c1ccc(F)cc1F)C(=S)NCc1ccco1. The molecule has 3 N–H and O–H groups in total. The third kappa shape index (κ3) is 7.45. The Bertz CT molecular complexity index is 1140. The summed E-state index contributed by atoms with van der Waals surface area (Å²) in [4.78, 5) is 16.4. The van der Waals surface area contributed by atoms with Gasteiger partial charge < -0.3 is 19.6 Å². The van der Waals surface area contributed by atoms with Gasteiger partial charge in [0.2, 0.25) is 0 Å². The first-order valence-electron chi connectivity index (χ1n) is 10.5. The van der Waals surface area contributed by atoms with Gasteiger partial charge >= 0.3 is 6.09 Å². The van der Waals surface area contributed by atoms with E-state index in [9.17, 15) is 18.7 Å². The van der Waals surface area contributed by atoms with Gasteiger partial charge in [0.15, 0.2) is 5.11 Å².